The van der Waals surface area contributed by atoms with Crippen LogP contribution in [0.1, 0.15) is 34.7 Å². The van der Waals surface area contributed by atoms with Crippen molar-refractivity contribution in [1.82, 2.24) is 25.0 Å². The summed E-state index contributed by atoms with van der Waals surface area (Å²) >= 11 is 0. The summed E-state index contributed by atoms with van der Waals surface area (Å²) < 4.78 is 7.50. The van der Waals surface area contributed by atoms with Gasteiger partial charge >= 0.3 is 0 Å². The van der Waals surface area contributed by atoms with E-state index in [1.807, 2.05) is 43.3 Å². The Morgan fingerprint density at radius 1 is 1.16 bits per heavy atom. The molecule has 0 fully saturated rings. The van der Waals surface area contributed by atoms with Gasteiger partial charge in [-0.2, -0.15) is 14.9 Å². The zero-order chi connectivity index (χ0) is 22.1. The van der Waals surface area contributed by atoms with E-state index < -0.39 is 0 Å². The van der Waals surface area contributed by atoms with Gasteiger partial charge in [-0.3, -0.25) is 14.6 Å². The summed E-state index contributed by atoms with van der Waals surface area (Å²) in [6, 6.07) is 14.5. The summed E-state index contributed by atoms with van der Waals surface area (Å²) in [6.45, 7) is 2.30. The zero-order valence-corrected chi connectivity index (χ0v) is 17.3. The molecular weight excluding hydrogens is 408 g/mol. The summed E-state index contributed by atoms with van der Waals surface area (Å²) in [7, 11) is 0. The molecule has 0 saturated heterocycles. The minimum absolute atomic E-state index is 0.116. The van der Waals surface area contributed by atoms with Crippen LogP contribution >= 0.6 is 0 Å². The summed E-state index contributed by atoms with van der Waals surface area (Å²) in [5.74, 6) is 1.40. The van der Waals surface area contributed by atoms with Crippen molar-refractivity contribution < 1.29 is 9.53 Å². The molecular formula is C23H20N6O3. The van der Waals surface area contributed by atoms with E-state index in [4.69, 9.17) is 4.74 Å². The highest BCUT2D eigenvalue weighted by Crippen LogP contribution is 2.40. The Balaban J connectivity index is 1.49. The van der Waals surface area contributed by atoms with Crippen LogP contribution < -0.4 is 15.6 Å². The summed E-state index contributed by atoms with van der Waals surface area (Å²) in [5, 5.41) is 13.9. The quantitative estimate of drug-likeness (QED) is 0.505. The second-order valence-electron chi connectivity index (χ2n) is 7.57. The number of nitrogens with zero attached hydrogens (tertiary/aromatic N) is 4. The van der Waals surface area contributed by atoms with Gasteiger partial charge in [0.15, 0.2) is 5.82 Å². The number of benzene rings is 1. The van der Waals surface area contributed by atoms with Crippen LogP contribution in [0.25, 0.3) is 5.82 Å². The third-order valence-corrected chi connectivity index (χ3v) is 5.37. The molecule has 0 aliphatic carbocycles. The number of ether oxygens (including phenoxy) is 1. The number of H-pyrrole nitrogens is 1. The molecule has 160 valence electrons. The van der Waals surface area contributed by atoms with Crippen molar-refractivity contribution in [2.75, 3.05) is 5.32 Å². The van der Waals surface area contributed by atoms with Gasteiger partial charge in [0.05, 0.1) is 5.69 Å². The fourth-order valence-corrected chi connectivity index (χ4v) is 3.92. The third kappa shape index (κ3) is 3.76. The molecule has 9 heteroatoms. The lowest BCUT2D eigenvalue weighted by Crippen LogP contribution is -2.25. The molecule has 3 aromatic heterocycles. The number of rotatable bonds is 5. The van der Waals surface area contributed by atoms with Gasteiger partial charge in [0, 0.05) is 41.9 Å². The van der Waals surface area contributed by atoms with E-state index in [9.17, 15) is 9.59 Å². The molecule has 2 N–H and O–H groups in total. The lowest BCUT2D eigenvalue weighted by atomic mass is 9.86. The van der Waals surface area contributed by atoms with Gasteiger partial charge in [-0.1, -0.05) is 18.2 Å². The largest absolute Gasteiger partial charge is 0.489 e. The Labute approximate surface area is 183 Å². The van der Waals surface area contributed by atoms with Gasteiger partial charge in [0.1, 0.15) is 18.2 Å². The molecule has 4 heterocycles. The normalized spacial score (nSPS) is 15.2. The van der Waals surface area contributed by atoms with Crippen molar-refractivity contribution in [1.29, 1.82) is 0 Å². The molecule has 1 aromatic carbocycles. The molecule has 1 atom stereocenters. The van der Waals surface area contributed by atoms with E-state index in [0.29, 0.717) is 30.4 Å². The number of anilines is 1. The minimum Gasteiger partial charge on any atom is -0.489 e. The summed E-state index contributed by atoms with van der Waals surface area (Å²) in [6.07, 6.45) is 3.79. The van der Waals surface area contributed by atoms with Crippen LogP contribution in [0.4, 0.5) is 5.82 Å². The number of aryl methyl sites for hydroxylation is 1. The second-order valence-corrected chi connectivity index (χ2v) is 7.57. The van der Waals surface area contributed by atoms with Crippen molar-refractivity contribution >= 4 is 11.7 Å². The first kappa shape index (κ1) is 19.7. The number of fused-ring (bicyclic) bond motifs is 1. The molecule has 4 aromatic rings. The predicted octanol–water partition coefficient (Wildman–Crippen LogP) is 2.71. The molecule has 1 unspecified atom stereocenters. The van der Waals surface area contributed by atoms with Crippen LogP contribution in [0.15, 0.2) is 65.7 Å². The van der Waals surface area contributed by atoms with Gasteiger partial charge in [-0.25, -0.2) is 5.10 Å². The highest BCUT2D eigenvalue weighted by Gasteiger charge is 2.33. The summed E-state index contributed by atoms with van der Waals surface area (Å²) in [5.41, 5.74) is 3.32. The maximum atomic E-state index is 12.6. The Hall–Kier alpha value is -4.27. The van der Waals surface area contributed by atoms with Crippen LogP contribution in [0.3, 0.4) is 0 Å². The number of carbonyl (C=O) groups excluding carboxylic acids is 1. The van der Waals surface area contributed by atoms with E-state index in [1.54, 1.807) is 23.1 Å². The Bertz CT molecular complexity index is 1330. The maximum Gasteiger partial charge on any atom is 0.264 e. The molecule has 1 amide bonds. The molecule has 1 aliphatic rings. The number of aromatic nitrogens is 5. The van der Waals surface area contributed by atoms with E-state index >= 15 is 0 Å². The average Bonchev–Trinajstić information content (AvgIpc) is 3.14. The monoisotopic (exact) mass is 428 g/mol. The van der Waals surface area contributed by atoms with Gasteiger partial charge in [-0.05, 0) is 36.8 Å². The zero-order valence-electron chi connectivity index (χ0n) is 17.3. The lowest BCUT2D eigenvalue weighted by Gasteiger charge is -2.24. The van der Waals surface area contributed by atoms with Crippen molar-refractivity contribution in [3.05, 3.63) is 93.7 Å². The number of amides is 1. The van der Waals surface area contributed by atoms with Crippen LogP contribution in [0.5, 0.6) is 5.75 Å². The van der Waals surface area contributed by atoms with Crippen molar-refractivity contribution in [3.63, 3.8) is 0 Å². The number of aromatic amines is 1. The molecule has 0 bridgehead atoms. The third-order valence-electron chi connectivity index (χ3n) is 5.37. The van der Waals surface area contributed by atoms with E-state index in [1.165, 1.54) is 6.07 Å². The first-order valence-corrected chi connectivity index (χ1v) is 10.2. The van der Waals surface area contributed by atoms with Crippen LogP contribution in [0, 0.1) is 6.92 Å². The van der Waals surface area contributed by atoms with Crippen LogP contribution in [0.2, 0.25) is 0 Å². The van der Waals surface area contributed by atoms with Crippen molar-refractivity contribution in [3.8, 4) is 11.6 Å². The summed E-state index contributed by atoms with van der Waals surface area (Å²) in [4.78, 5) is 28.1. The van der Waals surface area contributed by atoms with E-state index in [2.05, 4.69) is 25.6 Å². The second kappa shape index (κ2) is 8.10. The topological polar surface area (TPSA) is 115 Å². The van der Waals surface area contributed by atoms with Crippen molar-refractivity contribution in [2.24, 2.45) is 0 Å². The van der Waals surface area contributed by atoms with E-state index in [-0.39, 0.29) is 17.4 Å². The number of carbonyl (C=O) groups is 1. The molecule has 9 nitrogen and oxygen atoms in total. The first-order chi connectivity index (χ1) is 15.6. The van der Waals surface area contributed by atoms with Crippen LogP contribution in [-0.4, -0.2) is 30.9 Å². The number of nitrogens with one attached hydrogen (secondary N) is 2. The lowest BCUT2D eigenvalue weighted by molar-refractivity contribution is -0.116. The standard InChI is InChI=1S/C23H20N6O3/c1-14-22-18(16-5-2-6-17(10-16)32-13-15-4-3-9-24-12-15)11-21(31)25-23(22)29(28-14)19-7-8-20(30)27-26-19/h2-10,12,18H,11,13H2,1H3,(H,25,31)(H,27,30). The number of pyridine rings is 1. The van der Waals surface area contributed by atoms with Gasteiger partial charge in [-0.15, -0.1) is 0 Å². The number of hydrogen-bond acceptors (Lipinski definition) is 6. The highest BCUT2D eigenvalue weighted by atomic mass is 16.5. The predicted molar refractivity (Wildman–Crippen MR) is 117 cm³/mol. The molecule has 0 spiro atoms. The smallest absolute Gasteiger partial charge is 0.264 e. The molecule has 1 aliphatic heterocycles. The average molecular weight is 428 g/mol. The maximum absolute atomic E-state index is 12.6. The fourth-order valence-electron chi connectivity index (χ4n) is 3.92. The molecule has 0 saturated carbocycles. The van der Waals surface area contributed by atoms with Gasteiger partial charge in [0.25, 0.3) is 5.56 Å². The Morgan fingerprint density at radius 2 is 2.06 bits per heavy atom. The molecule has 32 heavy (non-hydrogen) atoms. The van der Waals surface area contributed by atoms with Crippen LogP contribution in [-0.2, 0) is 11.4 Å². The Morgan fingerprint density at radius 3 is 2.84 bits per heavy atom. The minimum atomic E-state index is -0.309. The molecule has 5 rings (SSSR count). The van der Waals surface area contributed by atoms with E-state index in [0.717, 1.165) is 22.4 Å². The number of hydrogen-bond donors (Lipinski definition) is 2. The first-order valence-electron chi connectivity index (χ1n) is 10.2. The Kier molecular flexibility index (Phi) is 4.98. The SMILES string of the molecule is Cc1nn(-c2ccc(=O)[nH]n2)c2c1C(c1cccc(OCc3cccnc3)c1)CC(=O)N2. The highest BCUT2D eigenvalue weighted by molar-refractivity contribution is 5.95. The molecule has 0 radical (unpaired) electrons. The fraction of sp³-hybridized carbons (Fsp3) is 0.174. The van der Waals surface area contributed by atoms with Gasteiger partial charge < -0.3 is 10.1 Å². The van der Waals surface area contributed by atoms with Crippen molar-refractivity contribution in [2.45, 2.75) is 25.9 Å². The van der Waals surface area contributed by atoms with Gasteiger partial charge in [0.2, 0.25) is 5.91 Å².